The molecule has 3 nitrogen and oxygen atoms in total. The van der Waals surface area contributed by atoms with Gasteiger partial charge in [0.1, 0.15) is 11.3 Å². The molecule has 3 rings (SSSR count). The predicted molar refractivity (Wildman–Crippen MR) is 73.1 cm³/mol. The largest absolute Gasteiger partial charge is 0.328 e. The maximum atomic E-state index is 13.7. The lowest BCUT2D eigenvalue weighted by atomic mass is 10.2. The molecule has 0 spiro atoms. The van der Waals surface area contributed by atoms with Crippen molar-refractivity contribution in [2.24, 2.45) is 0 Å². The van der Waals surface area contributed by atoms with Gasteiger partial charge in [0.15, 0.2) is 4.77 Å². The van der Waals surface area contributed by atoms with E-state index in [0.29, 0.717) is 21.4 Å². The molecule has 92 valence electrons. The molecule has 0 aliphatic rings. The summed E-state index contributed by atoms with van der Waals surface area (Å²) < 4.78 is 15.8. The lowest BCUT2D eigenvalue weighted by Gasteiger charge is -2.04. The highest BCUT2D eigenvalue weighted by Crippen LogP contribution is 2.22. The number of nitrogens with one attached hydrogen (secondary N) is 1. The molecule has 0 unspecified atom stereocenters. The van der Waals surface area contributed by atoms with Crippen molar-refractivity contribution in [3.05, 3.63) is 58.6 Å². The van der Waals surface area contributed by atoms with Gasteiger partial charge < -0.3 is 4.98 Å². The van der Waals surface area contributed by atoms with Crippen molar-refractivity contribution < 1.29 is 4.39 Å². The summed E-state index contributed by atoms with van der Waals surface area (Å²) in [5, 5.41) is 8.93. The Morgan fingerprint density at radius 3 is 2.79 bits per heavy atom. The first kappa shape index (κ1) is 11.6. The van der Waals surface area contributed by atoms with Crippen molar-refractivity contribution in [2.45, 2.75) is 0 Å². The van der Waals surface area contributed by atoms with Crippen LogP contribution in [-0.4, -0.2) is 9.55 Å². The summed E-state index contributed by atoms with van der Waals surface area (Å²) in [5.74, 6) is -0.348. The third-order valence-corrected chi connectivity index (χ3v) is 3.19. The van der Waals surface area contributed by atoms with Crippen LogP contribution in [-0.2, 0) is 0 Å². The Morgan fingerprint density at radius 2 is 2.00 bits per heavy atom. The van der Waals surface area contributed by atoms with Gasteiger partial charge in [-0.05, 0) is 42.5 Å². The molecule has 1 aromatic heterocycles. The number of para-hydroxylation sites is 1. The Balaban J connectivity index is 2.37. The summed E-state index contributed by atoms with van der Waals surface area (Å²) in [5.41, 5.74) is 2.29. The SMILES string of the molecule is N#Cc1cccc(-n2c(=S)[nH]c3c(F)cccc32)c1. The number of benzene rings is 2. The highest BCUT2D eigenvalue weighted by molar-refractivity contribution is 7.71. The van der Waals surface area contributed by atoms with Crippen molar-refractivity contribution in [1.82, 2.24) is 9.55 Å². The number of aromatic amines is 1. The molecule has 3 aromatic rings. The van der Waals surface area contributed by atoms with E-state index in [4.69, 9.17) is 17.5 Å². The smallest absolute Gasteiger partial charge is 0.182 e. The number of H-pyrrole nitrogens is 1. The van der Waals surface area contributed by atoms with Crippen LogP contribution in [0.2, 0.25) is 0 Å². The van der Waals surface area contributed by atoms with Crippen LogP contribution in [0.3, 0.4) is 0 Å². The highest BCUT2D eigenvalue weighted by atomic mass is 32.1. The predicted octanol–water partition coefficient (Wildman–Crippen LogP) is 3.70. The maximum Gasteiger partial charge on any atom is 0.182 e. The van der Waals surface area contributed by atoms with Crippen LogP contribution in [0.15, 0.2) is 42.5 Å². The lowest BCUT2D eigenvalue weighted by molar-refractivity contribution is 0.637. The highest BCUT2D eigenvalue weighted by Gasteiger charge is 2.09. The van der Waals surface area contributed by atoms with E-state index in [-0.39, 0.29) is 5.82 Å². The normalized spacial score (nSPS) is 10.5. The van der Waals surface area contributed by atoms with Gasteiger partial charge in [-0.2, -0.15) is 5.26 Å². The molecular formula is C14H8FN3S. The maximum absolute atomic E-state index is 13.7. The average molecular weight is 269 g/mol. The zero-order valence-corrected chi connectivity index (χ0v) is 10.5. The molecule has 0 fully saturated rings. The number of fused-ring (bicyclic) bond motifs is 1. The van der Waals surface area contributed by atoms with E-state index in [9.17, 15) is 4.39 Å². The van der Waals surface area contributed by atoms with Crippen LogP contribution < -0.4 is 0 Å². The zero-order valence-electron chi connectivity index (χ0n) is 9.72. The van der Waals surface area contributed by atoms with Gasteiger partial charge in [0, 0.05) is 5.69 Å². The number of aromatic nitrogens is 2. The molecule has 0 bridgehead atoms. The number of hydrogen-bond acceptors (Lipinski definition) is 2. The van der Waals surface area contributed by atoms with E-state index < -0.39 is 0 Å². The van der Waals surface area contributed by atoms with Gasteiger partial charge in [0.2, 0.25) is 0 Å². The molecule has 0 saturated carbocycles. The number of halogens is 1. The second kappa shape index (κ2) is 4.34. The summed E-state index contributed by atoms with van der Waals surface area (Å²) in [6, 6.07) is 13.9. The molecular weight excluding hydrogens is 261 g/mol. The van der Waals surface area contributed by atoms with Crippen LogP contribution in [0, 0.1) is 21.9 Å². The second-order valence-corrected chi connectivity index (χ2v) is 4.45. The van der Waals surface area contributed by atoms with E-state index in [1.165, 1.54) is 6.07 Å². The molecule has 0 amide bonds. The lowest BCUT2D eigenvalue weighted by Crippen LogP contribution is -1.94. The molecule has 0 aliphatic carbocycles. The third kappa shape index (κ3) is 1.83. The molecule has 0 radical (unpaired) electrons. The first-order valence-electron chi connectivity index (χ1n) is 5.60. The van der Waals surface area contributed by atoms with Gasteiger partial charge in [-0.3, -0.25) is 4.57 Å². The number of hydrogen-bond donors (Lipinski definition) is 1. The fourth-order valence-electron chi connectivity index (χ4n) is 2.07. The van der Waals surface area contributed by atoms with Crippen molar-refractivity contribution in [3.8, 4) is 11.8 Å². The monoisotopic (exact) mass is 269 g/mol. The molecule has 0 atom stereocenters. The van der Waals surface area contributed by atoms with Gasteiger partial charge in [-0.15, -0.1) is 0 Å². The molecule has 19 heavy (non-hydrogen) atoms. The van der Waals surface area contributed by atoms with Crippen molar-refractivity contribution in [3.63, 3.8) is 0 Å². The van der Waals surface area contributed by atoms with Gasteiger partial charge in [-0.1, -0.05) is 12.1 Å². The van der Waals surface area contributed by atoms with Crippen LogP contribution in [0.1, 0.15) is 5.56 Å². The van der Waals surface area contributed by atoms with Crippen molar-refractivity contribution in [1.29, 1.82) is 5.26 Å². The number of imidazole rings is 1. The summed E-state index contributed by atoms with van der Waals surface area (Å²) in [4.78, 5) is 2.85. The van der Waals surface area contributed by atoms with E-state index in [1.807, 2.05) is 6.07 Å². The van der Waals surface area contributed by atoms with Crippen LogP contribution in [0.5, 0.6) is 0 Å². The standard InChI is InChI=1S/C14H8FN3S/c15-11-5-2-6-12-13(11)17-14(19)18(12)10-4-1-3-9(7-10)8-16/h1-7H,(H,17,19). The quantitative estimate of drug-likeness (QED) is 0.685. The van der Waals surface area contributed by atoms with E-state index in [1.54, 1.807) is 34.9 Å². The van der Waals surface area contributed by atoms with E-state index in [2.05, 4.69) is 11.1 Å². The summed E-state index contributed by atoms with van der Waals surface area (Å²) in [6.45, 7) is 0. The first-order valence-corrected chi connectivity index (χ1v) is 6.01. The second-order valence-electron chi connectivity index (χ2n) is 4.06. The summed E-state index contributed by atoms with van der Waals surface area (Å²) in [6.07, 6.45) is 0. The summed E-state index contributed by atoms with van der Waals surface area (Å²) >= 11 is 5.23. The molecule has 1 N–H and O–H groups in total. The Morgan fingerprint density at radius 1 is 1.21 bits per heavy atom. The zero-order chi connectivity index (χ0) is 13.4. The Kier molecular flexibility index (Phi) is 2.65. The topological polar surface area (TPSA) is 44.5 Å². The van der Waals surface area contributed by atoms with Gasteiger partial charge in [0.05, 0.1) is 17.1 Å². The Labute approximate surface area is 113 Å². The van der Waals surface area contributed by atoms with Crippen molar-refractivity contribution >= 4 is 23.3 Å². The molecule has 0 aliphatic heterocycles. The minimum atomic E-state index is -0.348. The van der Waals surface area contributed by atoms with Crippen LogP contribution >= 0.6 is 12.2 Å². The van der Waals surface area contributed by atoms with Crippen LogP contribution in [0.4, 0.5) is 4.39 Å². The fraction of sp³-hybridized carbons (Fsp3) is 0. The minimum Gasteiger partial charge on any atom is -0.328 e. The third-order valence-electron chi connectivity index (χ3n) is 2.90. The number of nitrogens with zero attached hydrogens (tertiary/aromatic N) is 2. The number of rotatable bonds is 1. The number of nitriles is 1. The minimum absolute atomic E-state index is 0.348. The molecule has 0 saturated heterocycles. The fourth-order valence-corrected chi connectivity index (χ4v) is 2.37. The Hall–Kier alpha value is -2.45. The Bertz CT molecular complexity index is 870. The molecule has 5 heteroatoms. The van der Waals surface area contributed by atoms with Gasteiger partial charge in [-0.25, -0.2) is 4.39 Å². The molecule has 2 aromatic carbocycles. The molecule has 1 heterocycles. The summed E-state index contributed by atoms with van der Waals surface area (Å²) in [7, 11) is 0. The van der Waals surface area contributed by atoms with Crippen molar-refractivity contribution in [2.75, 3.05) is 0 Å². The van der Waals surface area contributed by atoms with E-state index >= 15 is 0 Å². The van der Waals surface area contributed by atoms with E-state index in [0.717, 1.165) is 5.69 Å². The van der Waals surface area contributed by atoms with Gasteiger partial charge >= 0.3 is 0 Å². The van der Waals surface area contributed by atoms with Gasteiger partial charge in [0.25, 0.3) is 0 Å². The first-order chi connectivity index (χ1) is 9.20. The average Bonchev–Trinajstić information content (AvgIpc) is 2.77. The van der Waals surface area contributed by atoms with Crippen LogP contribution in [0.25, 0.3) is 16.7 Å².